The summed E-state index contributed by atoms with van der Waals surface area (Å²) in [5.74, 6) is -0.185. The van der Waals surface area contributed by atoms with Crippen molar-refractivity contribution in [3.05, 3.63) is 41.7 Å². The molecule has 0 aliphatic heterocycles. The summed E-state index contributed by atoms with van der Waals surface area (Å²) in [6.07, 6.45) is 3.64. The summed E-state index contributed by atoms with van der Waals surface area (Å²) in [4.78, 5) is 10.6. The molecule has 0 amide bonds. The molecule has 0 N–H and O–H groups in total. The molecule has 0 heterocycles. The van der Waals surface area contributed by atoms with Crippen LogP contribution in [-0.2, 0) is 4.79 Å². The van der Waals surface area contributed by atoms with Gasteiger partial charge in [-0.25, -0.2) is 4.39 Å². The van der Waals surface area contributed by atoms with Crippen molar-refractivity contribution >= 4 is 11.9 Å². The molecule has 0 saturated carbocycles. The summed E-state index contributed by atoms with van der Waals surface area (Å²) in [6, 6.07) is 6.47. The average Bonchev–Trinajstić information content (AvgIpc) is 2.08. The van der Waals surface area contributed by atoms with E-state index in [1.54, 1.807) is 30.4 Å². The summed E-state index contributed by atoms with van der Waals surface area (Å²) in [6.45, 7) is 1.51. The smallest absolute Gasteiger partial charge is 0.133 e. The van der Waals surface area contributed by atoms with Crippen LogP contribution in [0.1, 0.15) is 18.9 Å². The molecule has 0 radical (unpaired) electrons. The van der Waals surface area contributed by atoms with Crippen LogP contribution in [-0.4, -0.2) is 5.78 Å². The molecule has 13 heavy (non-hydrogen) atoms. The summed E-state index contributed by atoms with van der Waals surface area (Å²) in [7, 11) is 0. The van der Waals surface area contributed by atoms with Crippen LogP contribution in [0.15, 0.2) is 30.3 Å². The van der Waals surface area contributed by atoms with E-state index in [0.717, 1.165) is 0 Å². The van der Waals surface area contributed by atoms with Gasteiger partial charge in [-0.3, -0.25) is 4.79 Å². The maximum atomic E-state index is 13.0. The van der Waals surface area contributed by atoms with Gasteiger partial charge in [0.1, 0.15) is 11.6 Å². The van der Waals surface area contributed by atoms with Gasteiger partial charge in [0.05, 0.1) is 0 Å². The van der Waals surface area contributed by atoms with E-state index in [0.29, 0.717) is 12.0 Å². The highest BCUT2D eigenvalue weighted by atomic mass is 19.1. The lowest BCUT2D eigenvalue weighted by Gasteiger charge is -1.93. The van der Waals surface area contributed by atoms with Crippen LogP contribution in [0.4, 0.5) is 4.39 Å². The van der Waals surface area contributed by atoms with Crippen molar-refractivity contribution in [3.63, 3.8) is 0 Å². The van der Waals surface area contributed by atoms with Crippen molar-refractivity contribution < 1.29 is 9.18 Å². The molecule has 1 rings (SSSR count). The molecule has 1 aromatic rings. The van der Waals surface area contributed by atoms with Gasteiger partial charge in [-0.2, -0.15) is 0 Å². The Labute approximate surface area is 76.9 Å². The number of carbonyl (C=O) groups is 1. The van der Waals surface area contributed by atoms with Crippen LogP contribution in [0.5, 0.6) is 0 Å². The number of hydrogen-bond donors (Lipinski definition) is 0. The number of carbonyl (C=O) groups excluding carboxylic acids is 1. The minimum atomic E-state index is -0.262. The zero-order valence-corrected chi connectivity index (χ0v) is 7.46. The van der Waals surface area contributed by atoms with Gasteiger partial charge < -0.3 is 0 Å². The highest BCUT2D eigenvalue weighted by Gasteiger charge is 1.94. The van der Waals surface area contributed by atoms with Crippen molar-refractivity contribution in [2.24, 2.45) is 0 Å². The number of ketones is 1. The van der Waals surface area contributed by atoms with Gasteiger partial charge in [-0.15, -0.1) is 0 Å². The third kappa shape index (κ3) is 3.20. The molecule has 0 bridgehead atoms. The van der Waals surface area contributed by atoms with Gasteiger partial charge in [0.25, 0.3) is 0 Å². The minimum absolute atomic E-state index is 0.0765. The topological polar surface area (TPSA) is 17.1 Å². The van der Waals surface area contributed by atoms with Crippen LogP contribution in [0.2, 0.25) is 0 Å². The van der Waals surface area contributed by atoms with Gasteiger partial charge in [0.15, 0.2) is 0 Å². The molecule has 0 saturated heterocycles. The summed E-state index contributed by atoms with van der Waals surface area (Å²) < 4.78 is 13.0. The van der Waals surface area contributed by atoms with Crippen molar-refractivity contribution in [3.8, 4) is 0 Å². The Morgan fingerprint density at radius 1 is 1.46 bits per heavy atom. The third-order valence-electron chi connectivity index (χ3n) is 1.61. The third-order valence-corrected chi connectivity index (χ3v) is 1.61. The standard InChI is InChI=1S/C11H11FO/c1-9(13)5-4-7-10-6-2-3-8-11(10)12/h2-4,6-8H,5H2,1H3/b7-4+. The minimum Gasteiger partial charge on any atom is -0.300 e. The van der Waals surface area contributed by atoms with Crippen LogP contribution in [0, 0.1) is 5.82 Å². The second-order valence-corrected chi connectivity index (χ2v) is 2.83. The highest BCUT2D eigenvalue weighted by Crippen LogP contribution is 2.08. The van der Waals surface area contributed by atoms with Gasteiger partial charge in [0, 0.05) is 12.0 Å². The lowest BCUT2D eigenvalue weighted by Crippen LogP contribution is -1.85. The first-order chi connectivity index (χ1) is 6.20. The number of benzene rings is 1. The van der Waals surface area contributed by atoms with Crippen molar-refractivity contribution in [1.29, 1.82) is 0 Å². The van der Waals surface area contributed by atoms with Gasteiger partial charge in [0.2, 0.25) is 0 Å². The molecule has 0 unspecified atom stereocenters. The Morgan fingerprint density at radius 3 is 2.77 bits per heavy atom. The molecule has 0 spiro atoms. The molecule has 0 aromatic heterocycles. The second kappa shape index (κ2) is 4.55. The zero-order valence-electron chi connectivity index (χ0n) is 7.46. The molecule has 1 nitrogen and oxygen atoms in total. The molecule has 2 heteroatoms. The van der Waals surface area contributed by atoms with Crippen molar-refractivity contribution in [1.82, 2.24) is 0 Å². The maximum absolute atomic E-state index is 13.0. The van der Waals surface area contributed by atoms with E-state index in [2.05, 4.69) is 0 Å². The van der Waals surface area contributed by atoms with Crippen molar-refractivity contribution in [2.75, 3.05) is 0 Å². The predicted octanol–water partition coefficient (Wildman–Crippen LogP) is 2.82. The Morgan fingerprint density at radius 2 is 2.15 bits per heavy atom. The summed E-state index contributed by atoms with van der Waals surface area (Å²) in [5, 5.41) is 0. The summed E-state index contributed by atoms with van der Waals surface area (Å²) in [5.41, 5.74) is 0.517. The first-order valence-corrected chi connectivity index (χ1v) is 4.10. The Hall–Kier alpha value is -1.44. The van der Waals surface area contributed by atoms with E-state index in [1.807, 2.05) is 0 Å². The molecule has 0 aliphatic rings. The van der Waals surface area contributed by atoms with E-state index in [4.69, 9.17) is 0 Å². The molecular formula is C11H11FO. The number of halogens is 1. The Kier molecular flexibility index (Phi) is 3.38. The first-order valence-electron chi connectivity index (χ1n) is 4.10. The number of rotatable bonds is 3. The predicted molar refractivity (Wildman–Crippen MR) is 50.7 cm³/mol. The van der Waals surface area contributed by atoms with Gasteiger partial charge in [-0.05, 0) is 13.0 Å². The largest absolute Gasteiger partial charge is 0.300 e. The lowest BCUT2D eigenvalue weighted by atomic mass is 10.2. The SMILES string of the molecule is CC(=O)C/C=C/c1ccccc1F. The fourth-order valence-electron chi connectivity index (χ4n) is 0.962. The Balaban J connectivity index is 2.68. The highest BCUT2D eigenvalue weighted by molar-refractivity contribution is 5.78. The van der Waals surface area contributed by atoms with E-state index >= 15 is 0 Å². The Bertz CT molecular complexity index is 329. The number of hydrogen-bond acceptors (Lipinski definition) is 1. The van der Waals surface area contributed by atoms with E-state index < -0.39 is 0 Å². The molecule has 0 aliphatic carbocycles. The quantitative estimate of drug-likeness (QED) is 0.695. The molecule has 0 atom stereocenters. The zero-order chi connectivity index (χ0) is 9.68. The fourth-order valence-corrected chi connectivity index (χ4v) is 0.962. The van der Waals surface area contributed by atoms with E-state index in [1.165, 1.54) is 13.0 Å². The molecule has 68 valence electrons. The second-order valence-electron chi connectivity index (χ2n) is 2.83. The monoisotopic (exact) mass is 178 g/mol. The van der Waals surface area contributed by atoms with E-state index in [-0.39, 0.29) is 11.6 Å². The van der Waals surface area contributed by atoms with Crippen LogP contribution < -0.4 is 0 Å². The maximum Gasteiger partial charge on any atom is 0.133 e. The van der Waals surface area contributed by atoms with Gasteiger partial charge in [-0.1, -0.05) is 30.4 Å². The molecule has 1 aromatic carbocycles. The number of allylic oxidation sites excluding steroid dienone is 1. The van der Waals surface area contributed by atoms with Crippen LogP contribution in [0.3, 0.4) is 0 Å². The average molecular weight is 178 g/mol. The fraction of sp³-hybridized carbons (Fsp3) is 0.182. The van der Waals surface area contributed by atoms with Gasteiger partial charge >= 0.3 is 0 Å². The molecular weight excluding hydrogens is 167 g/mol. The molecule has 0 fully saturated rings. The number of Topliss-reactive ketones (excluding diaryl/α,β-unsaturated/α-hetero) is 1. The normalized spacial score (nSPS) is 10.6. The lowest BCUT2D eigenvalue weighted by molar-refractivity contribution is -0.116. The van der Waals surface area contributed by atoms with Crippen molar-refractivity contribution in [2.45, 2.75) is 13.3 Å². The van der Waals surface area contributed by atoms with Crippen LogP contribution >= 0.6 is 0 Å². The first kappa shape index (κ1) is 9.65. The van der Waals surface area contributed by atoms with E-state index in [9.17, 15) is 9.18 Å². The summed E-state index contributed by atoms with van der Waals surface area (Å²) >= 11 is 0. The van der Waals surface area contributed by atoms with Crippen LogP contribution in [0.25, 0.3) is 6.08 Å².